The molecule has 1 aromatic carbocycles. The lowest BCUT2D eigenvalue weighted by atomic mass is 9.99. The van der Waals surface area contributed by atoms with Crippen LogP contribution in [0.5, 0.6) is 11.5 Å². The lowest BCUT2D eigenvalue weighted by molar-refractivity contribution is 0.354. The Balaban J connectivity index is 2.15. The van der Waals surface area contributed by atoms with Crippen molar-refractivity contribution in [2.75, 3.05) is 14.2 Å². The minimum atomic E-state index is 0.111. The Kier molecular flexibility index (Phi) is 3.29. The molecule has 1 aromatic rings. The topological polar surface area (TPSA) is 44.5 Å². The standard InChI is InChI=1S/C14H21NO2/c1-10-8-12(16-2)13(17-3)9-11(10)4-5-14(15)6-7-14/h8-9H,4-7,15H2,1-3H3. The predicted molar refractivity (Wildman–Crippen MR) is 68.8 cm³/mol. The van der Waals surface area contributed by atoms with E-state index in [4.69, 9.17) is 15.2 Å². The summed E-state index contributed by atoms with van der Waals surface area (Å²) in [6, 6.07) is 4.10. The van der Waals surface area contributed by atoms with Crippen molar-refractivity contribution in [3.8, 4) is 11.5 Å². The van der Waals surface area contributed by atoms with Crippen molar-refractivity contribution >= 4 is 0 Å². The molecule has 1 fully saturated rings. The van der Waals surface area contributed by atoms with Gasteiger partial charge in [0.1, 0.15) is 0 Å². The smallest absolute Gasteiger partial charge is 0.161 e. The van der Waals surface area contributed by atoms with Crippen LogP contribution < -0.4 is 15.2 Å². The predicted octanol–water partition coefficient (Wildman–Crippen LogP) is 2.44. The van der Waals surface area contributed by atoms with Crippen LogP contribution in [0, 0.1) is 6.92 Å². The zero-order valence-corrected chi connectivity index (χ0v) is 10.9. The first-order chi connectivity index (χ1) is 8.08. The fourth-order valence-electron chi connectivity index (χ4n) is 2.09. The third kappa shape index (κ3) is 2.72. The number of nitrogens with two attached hydrogens (primary N) is 1. The summed E-state index contributed by atoms with van der Waals surface area (Å²) in [6.45, 7) is 2.10. The van der Waals surface area contributed by atoms with Gasteiger partial charge >= 0.3 is 0 Å². The van der Waals surface area contributed by atoms with Gasteiger partial charge < -0.3 is 15.2 Å². The average molecular weight is 235 g/mol. The Hall–Kier alpha value is -1.22. The Labute approximate surface area is 103 Å². The number of rotatable bonds is 5. The first kappa shape index (κ1) is 12.2. The van der Waals surface area contributed by atoms with Crippen LogP contribution in [0.15, 0.2) is 12.1 Å². The first-order valence-corrected chi connectivity index (χ1v) is 6.08. The molecular weight excluding hydrogens is 214 g/mol. The van der Waals surface area contributed by atoms with Gasteiger partial charge in [0.2, 0.25) is 0 Å². The van der Waals surface area contributed by atoms with E-state index in [2.05, 4.69) is 13.0 Å². The van der Waals surface area contributed by atoms with Gasteiger partial charge in [-0.05, 0) is 55.9 Å². The number of aryl methyl sites for hydroxylation is 2. The number of benzene rings is 1. The van der Waals surface area contributed by atoms with Crippen LogP contribution >= 0.6 is 0 Å². The van der Waals surface area contributed by atoms with Crippen LogP contribution in [0.3, 0.4) is 0 Å². The molecule has 0 saturated heterocycles. The Bertz CT molecular complexity index is 411. The van der Waals surface area contributed by atoms with E-state index in [0.29, 0.717) is 0 Å². The second-order valence-corrected chi connectivity index (χ2v) is 5.00. The van der Waals surface area contributed by atoms with Crippen molar-refractivity contribution in [1.82, 2.24) is 0 Å². The molecule has 3 nitrogen and oxygen atoms in total. The van der Waals surface area contributed by atoms with E-state index in [-0.39, 0.29) is 5.54 Å². The lowest BCUT2D eigenvalue weighted by Gasteiger charge is -2.14. The molecule has 0 unspecified atom stereocenters. The highest BCUT2D eigenvalue weighted by Gasteiger charge is 2.37. The molecule has 0 heterocycles. The molecule has 0 bridgehead atoms. The minimum Gasteiger partial charge on any atom is -0.493 e. The number of methoxy groups -OCH3 is 2. The summed E-state index contributed by atoms with van der Waals surface area (Å²) >= 11 is 0. The Morgan fingerprint density at radius 1 is 1.18 bits per heavy atom. The molecule has 0 aromatic heterocycles. The van der Waals surface area contributed by atoms with Crippen LogP contribution in [-0.2, 0) is 6.42 Å². The molecule has 1 aliphatic rings. The molecule has 1 aliphatic carbocycles. The quantitative estimate of drug-likeness (QED) is 0.852. The third-order valence-electron chi connectivity index (χ3n) is 3.63. The Morgan fingerprint density at radius 2 is 1.76 bits per heavy atom. The fourth-order valence-corrected chi connectivity index (χ4v) is 2.09. The van der Waals surface area contributed by atoms with Crippen molar-refractivity contribution in [3.63, 3.8) is 0 Å². The summed E-state index contributed by atoms with van der Waals surface area (Å²) in [5, 5.41) is 0. The summed E-state index contributed by atoms with van der Waals surface area (Å²) < 4.78 is 10.6. The maximum Gasteiger partial charge on any atom is 0.161 e. The number of ether oxygens (including phenoxy) is 2. The summed E-state index contributed by atoms with van der Waals surface area (Å²) in [4.78, 5) is 0. The molecule has 94 valence electrons. The second kappa shape index (κ2) is 4.57. The molecular formula is C14H21NO2. The van der Waals surface area contributed by atoms with Gasteiger partial charge in [0.05, 0.1) is 14.2 Å². The van der Waals surface area contributed by atoms with E-state index in [1.54, 1.807) is 14.2 Å². The molecule has 17 heavy (non-hydrogen) atoms. The summed E-state index contributed by atoms with van der Waals surface area (Å²) in [6.07, 6.45) is 4.41. The lowest BCUT2D eigenvalue weighted by Crippen LogP contribution is -2.22. The fraction of sp³-hybridized carbons (Fsp3) is 0.571. The minimum absolute atomic E-state index is 0.111. The van der Waals surface area contributed by atoms with E-state index >= 15 is 0 Å². The van der Waals surface area contributed by atoms with Gasteiger partial charge in [0, 0.05) is 5.54 Å². The van der Waals surface area contributed by atoms with Gasteiger partial charge in [0.25, 0.3) is 0 Å². The van der Waals surface area contributed by atoms with Crippen molar-refractivity contribution in [3.05, 3.63) is 23.3 Å². The first-order valence-electron chi connectivity index (χ1n) is 6.08. The maximum atomic E-state index is 6.12. The second-order valence-electron chi connectivity index (χ2n) is 5.00. The highest BCUT2D eigenvalue weighted by Crippen LogP contribution is 2.38. The van der Waals surface area contributed by atoms with Crippen LogP contribution in [0.1, 0.15) is 30.4 Å². The zero-order valence-electron chi connectivity index (χ0n) is 10.9. The number of hydrogen-bond donors (Lipinski definition) is 1. The van der Waals surface area contributed by atoms with Gasteiger partial charge in [-0.1, -0.05) is 0 Å². The van der Waals surface area contributed by atoms with Gasteiger partial charge in [-0.25, -0.2) is 0 Å². The van der Waals surface area contributed by atoms with Crippen molar-refractivity contribution in [2.45, 2.75) is 38.1 Å². The molecule has 0 atom stereocenters. The normalized spacial score (nSPS) is 16.7. The Morgan fingerprint density at radius 3 is 2.29 bits per heavy atom. The molecule has 2 N–H and O–H groups in total. The monoisotopic (exact) mass is 235 g/mol. The van der Waals surface area contributed by atoms with E-state index in [9.17, 15) is 0 Å². The number of hydrogen-bond acceptors (Lipinski definition) is 3. The third-order valence-corrected chi connectivity index (χ3v) is 3.63. The average Bonchev–Trinajstić information content (AvgIpc) is 3.05. The van der Waals surface area contributed by atoms with Crippen LogP contribution in [0.25, 0.3) is 0 Å². The van der Waals surface area contributed by atoms with Crippen LogP contribution in [0.2, 0.25) is 0 Å². The molecule has 0 aliphatic heterocycles. The van der Waals surface area contributed by atoms with Gasteiger partial charge in [0.15, 0.2) is 11.5 Å². The van der Waals surface area contributed by atoms with Crippen LogP contribution in [-0.4, -0.2) is 19.8 Å². The van der Waals surface area contributed by atoms with E-state index in [1.165, 1.54) is 24.0 Å². The summed E-state index contributed by atoms with van der Waals surface area (Å²) in [7, 11) is 3.33. The SMILES string of the molecule is COc1cc(C)c(CCC2(N)CC2)cc1OC. The van der Waals surface area contributed by atoms with Gasteiger partial charge in [-0.15, -0.1) is 0 Å². The largest absolute Gasteiger partial charge is 0.493 e. The molecule has 1 saturated carbocycles. The van der Waals surface area contributed by atoms with Crippen molar-refractivity contribution in [1.29, 1.82) is 0 Å². The zero-order chi connectivity index (χ0) is 12.5. The molecule has 0 spiro atoms. The van der Waals surface area contributed by atoms with E-state index < -0.39 is 0 Å². The van der Waals surface area contributed by atoms with E-state index in [1.807, 2.05) is 6.07 Å². The van der Waals surface area contributed by atoms with Crippen molar-refractivity contribution < 1.29 is 9.47 Å². The molecule has 3 heteroatoms. The highest BCUT2D eigenvalue weighted by atomic mass is 16.5. The van der Waals surface area contributed by atoms with E-state index in [0.717, 1.165) is 24.3 Å². The summed E-state index contributed by atoms with van der Waals surface area (Å²) in [5.74, 6) is 1.60. The molecule has 0 radical (unpaired) electrons. The van der Waals surface area contributed by atoms with Crippen molar-refractivity contribution in [2.24, 2.45) is 5.73 Å². The summed E-state index contributed by atoms with van der Waals surface area (Å²) in [5.41, 5.74) is 8.77. The van der Waals surface area contributed by atoms with Gasteiger partial charge in [-0.3, -0.25) is 0 Å². The van der Waals surface area contributed by atoms with Crippen LogP contribution in [0.4, 0.5) is 0 Å². The maximum absolute atomic E-state index is 6.12. The molecule has 2 rings (SSSR count). The molecule has 0 amide bonds. The highest BCUT2D eigenvalue weighted by molar-refractivity contribution is 5.47. The van der Waals surface area contributed by atoms with Gasteiger partial charge in [-0.2, -0.15) is 0 Å².